The molecule has 5 heteroatoms. The lowest BCUT2D eigenvalue weighted by atomic mass is 10.3. The zero-order chi connectivity index (χ0) is 12.6. The van der Waals surface area contributed by atoms with Gasteiger partial charge in [0.2, 0.25) is 0 Å². The van der Waals surface area contributed by atoms with Gasteiger partial charge in [-0.2, -0.15) is 0 Å². The average Bonchev–Trinajstić information content (AvgIpc) is 2.12. The Hall–Kier alpha value is -1.52. The third-order valence-corrected chi connectivity index (χ3v) is 1.57. The number of rotatable bonds is 6. The van der Waals surface area contributed by atoms with E-state index in [9.17, 15) is 9.59 Å². The molecule has 0 aromatic heterocycles. The number of carbonyl (C=O) groups is 2. The summed E-state index contributed by atoms with van der Waals surface area (Å²) in [6.07, 6.45) is 1.16. The van der Waals surface area contributed by atoms with E-state index in [1.165, 1.54) is 6.92 Å². The molecule has 0 saturated heterocycles. The predicted molar refractivity (Wildman–Crippen MR) is 57.8 cm³/mol. The topological polar surface area (TPSA) is 72.8 Å². The first-order chi connectivity index (χ1) is 7.45. The molecular formula is C11H18O5. The van der Waals surface area contributed by atoms with Crippen molar-refractivity contribution in [2.75, 3.05) is 6.61 Å². The lowest BCUT2D eigenvalue weighted by Crippen LogP contribution is -2.19. The molecule has 0 amide bonds. The summed E-state index contributed by atoms with van der Waals surface area (Å²) in [4.78, 5) is 22.2. The molecule has 1 unspecified atom stereocenters. The lowest BCUT2D eigenvalue weighted by molar-refractivity contribution is -0.151. The summed E-state index contributed by atoms with van der Waals surface area (Å²) < 4.78 is 9.67. The number of aliphatic hydroxyl groups is 1. The maximum Gasteiger partial charge on any atom is 0.334 e. The van der Waals surface area contributed by atoms with Gasteiger partial charge in [0.15, 0.2) is 0 Å². The number of esters is 2. The highest BCUT2D eigenvalue weighted by Crippen LogP contribution is 2.02. The molecule has 0 heterocycles. The van der Waals surface area contributed by atoms with Gasteiger partial charge < -0.3 is 14.6 Å². The summed E-state index contributed by atoms with van der Waals surface area (Å²) >= 11 is 0. The van der Waals surface area contributed by atoms with Crippen LogP contribution in [0.5, 0.6) is 0 Å². The monoisotopic (exact) mass is 230 g/mol. The van der Waals surface area contributed by atoms with Gasteiger partial charge >= 0.3 is 11.9 Å². The minimum atomic E-state index is -0.671. The van der Waals surface area contributed by atoms with Crippen LogP contribution < -0.4 is 0 Å². The highest BCUT2D eigenvalue weighted by atomic mass is 16.6. The Balaban J connectivity index is 3.89. The molecule has 0 aliphatic rings. The zero-order valence-electron chi connectivity index (χ0n) is 9.86. The van der Waals surface area contributed by atoms with Crippen molar-refractivity contribution >= 4 is 11.9 Å². The maximum absolute atomic E-state index is 11.1. The van der Waals surface area contributed by atoms with Crippen LogP contribution in [0.15, 0.2) is 11.8 Å². The van der Waals surface area contributed by atoms with Crippen molar-refractivity contribution in [1.29, 1.82) is 0 Å². The summed E-state index contributed by atoms with van der Waals surface area (Å²) in [5.74, 6) is -1.20. The van der Waals surface area contributed by atoms with E-state index in [4.69, 9.17) is 14.6 Å². The molecule has 0 bridgehead atoms. The normalized spacial score (nSPS) is 13.1. The number of carbonyl (C=O) groups excluding carboxylic acids is 2. The highest BCUT2D eigenvalue weighted by Gasteiger charge is 2.13. The Bertz CT molecular complexity index is 266. The van der Waals surface area contributed by atoms with E-state index in [2.05, 4.69) is 0 Å². The van der Waals surface area contributed by atoms with E-state index < -0.39 is 18.0 Å². The lowest BCUT2D eigenvalue weighted by Gasteiger charge is -2.11. The molecule has 5 nitrogen and oxygen atoms in total. The molecule has 1 N–H and O–H groups in total. The van der Waals surface area contributed by atoms with Crippen molar-refractivity contribution in [3.05, 3.63) is 11.8 Å². The summed E-state index contributed by atoms with van der Waals surface area (Å²) in [6.45, 7) is 5.22. The van der Waals surface area contributed by atoms with Crippen LogP contribution in [0, 0.1) is 0 Å². The fourth-order valence-corrected chi connectivity index (χ4v) is 0.954. The van der Waals surface area contributed by atoms with Gasteiger partial charge in [0, 0.05) is 0 Å². The van der Waals surface area contributed by atoms with Crippen molar-refractivity contribution in [1.82, 2.24) is 0 Å². The van der Waals surface area contributed by atoms with Crippen LogP contribution in [0.2, 0.25) is 0 Å². The van der Waals surface area contributed by atoms with E-state index in [1.807, 2.05) is 6.92 Å². The second-order valence-corrected chi connectivity index (χ2v) is 3.46. The second-order valence-electron chi connectivity index (χ2n) is 3.46. The predicted octanol–water partition coefficient (Wildman–Crippen LogP) is 1.72. The van der Waals surface area contributed by atoms with E-state index in [1.54, 1.807) is 6.92 Å². The summed E-state index contributed by atoms with van der Waals surface area (Å²) in [5.41, 5.74) is 0. The molecule has 0 aliphatic carbocycles. The number of hydrogen-bond donors (Lipinski definition) is 1. The maximum atomic E-state index is 11.1. The molecule has 0 aromatic carbocycles. The Kier molecular flexibility index (Phi) is 7.00. The first-order valence-corrected chi connectivity index (χ1v) is 5.19. The zero-order valence-corrected chi connectivity index (χ0v) is 9.86. The minimum Gasteiger partial charge on any atom is -0.512 e. The number of ether oxygens (including phenoxy) is 2. The first kappa shape index (κ1) is 14.5. The number of aliphatic hydroxyl groups excluding tert-OH is 1. The Morgan fingerprint density at radius 2 is 2.06 bits per heavy atom. The SMILES string of the molecule is CCCOC(=O)CC(C)OC(=O)C=C(C)O. The summed E-state index contributed by atoms with van der Waals surface area (Å²) in [6, 6.07) is 0. The van der Waals surface area contributed by atoms with Gasteiger partial charge in [-0.25, -0.2) is 4.79 Å². The van der Waals surface area contributed by atoms with Crippen molar-refractivity contribution in [2.45, 2.75) is 39.7 Å². The third-order valence-electron chi connectivity index (χ3n) is 1.57. The van der Waals surface area contributed by atoms with Gasteiger partial charge in [-0.05, 0) is 20.3 Å². The Morgan fingerprint density at radius 3 is 2.56 bits per heavy atom. The van der Waals surface area contributed by atoms with Crippen LogP contribution >= 0.6 is 0 Å². The molecule has 1 atom stereocenters. The van der Waals surface area contributed by atoms with E-state index in [0.29, 0.717) is 6.61 Å². The number of hydrogen-bond acceptors (Lipinski definition) is 5. The third kappa shape index (κ3) is 7.84. The van der Waals surface area contributed by atoms with Gasteiger partial charge in [0.05, 0.1) is 24.9 Å². The molecular weight excluding hydrogens is 212 g/mol. The van der Waals surface area contributed by atoms with Crippen LogP contribution in [0.4, 0.5) is 0 Å². The molecule has 16 heavy (non-hydrogen) atoms. The molecule has 0 aliphatic heterocycles. The van der Waals surface area contributed by atoms with Crippen LogP contribution in [0.1, 0.15) is 33.6 Å². The van der Waals surface area contributed by atoms with Crippen LogP contribution in [-0.4, -0.2) is 29.8 Å². The molecule has 0 aromatic rings. The first-order valence-electron chi connectivity index (χ1n) is 5.19. The van der Waals surface area contributed by atoms with Crippen molar-refractivity contribution in [3.8, 4) is 0 Å². The molecule has 0 fully saturated rings. The fourth-order valence-electron chi connectivity index (χ4n) is 0.954. The van der Waals surface area contributed by atoms with Crippen molar-refractivity contribution < 1.29 is 24.2 Å². The molecule has 0 saturated carbocycles. The van der Waals surface area contributed by atoms with Gasteiger partial charge in [0.25, 0.3) is 0 Å². The molecule has 0 radical (unpaired) electrons. The average molecular weight is 230 g/mol. The van der Waals surface area contributed by atoms with E-state index in [-0.39, 0.29) is 12.2 Å². The fraction of sp³-hybridized carbons (Fsp3) is 0.636. The largest absolute Gasteiger partial charge is 0.512 e. The number of allylic oxidation sites excluding steroid dienone is 1. The van der Waals surface area contributed by atoms with E-state index >= 15 is 0 Å². The standard InChI is InChI=1S/C11H18O5/c1-4-5-15-10(13)7-9(3)16-11(14)6-8(2)12/h6,9,12H,4-5,7H2,1-3H3. The Labute approximate surface area is 95.0 Å². The van der Waals surface area contributed by atoms with Crippen LogP contribution in [0.25, 0.3) is 0 Å². The van der Waals surface area contributed by atoms with Gasteiger partial charge in [-0.15, -0.1) is 0 Å². The van der Waals surface area contributed by atoms with Crippen molar-refractivity contribution in [2.24, 2.45) is 0 Å². The van der Waals surface area contributed by atoms with Crippen LogP contribution in [0.3, 0.4) is 0 Å². The van der Waals surface area contributed by atoms with Crippen LogP contribution in [-0.2, 0) is 19.1 Å². The quantitative estimate of drug-likeness (QED) is 0.427. The van der Waals surface area contributed by atoms with Crippen molar-refractivity contribution in [3.63, 3.8) is 0 Å². The highest BCUT2D eigenvalue weighted by molar-refractivity contribution is 5.82. The second kappa shape index (κ2) is 7.73. The molecule has 0 spiro atoms. The minimum absolute atomic E-state index is 0.0179. The Morgan fingerprint density at radius 1 is 1.44 bits per heavy atom. The summed E-state index contributed by atoms with van der Waals surface area (Å²) in [5, 5.41) is 8.80. The molecule has 0 rings (SSSR count). The van der Waals surface area contributed by atoms with Gasteiger partial charge in [-0.1, -0.05) is 6.92 Å². The van der Waals surface area contributed by atoms with E-state index in [0.717, 1.165) is 12.5 Å². The smallest absolute Gasteiger partial charge is 0.334 e. The summed E-state index contributed by atoms with van der Waals surface area (Å²) in [7, 11) is 0. The molecule has 92 valence electrons. The van der Waals surface area contributed by atoms with Gasteiger partial charge in [0.1, 0.15) is 6.10 Å². The van der Waals surface area contributed by atoms with Gasteiger partial charge in [-0.3, -0.25) is 4.79 Å².